The summed E-state index contributed by atoms with van der Waals surface area (Å²) in [6, 6.07) is 17.3. The summed E-state index contributed by atoms with van der Waals surface area (Å²) in [6.45, 7) is 0. The Bertz CT molecular complexity index is 856. The molecule has 23 heavy (non-hydrogen) atoms. The molecule has 0 bridgehead atoms. The molecule has 0 atom stereocenters. The number of carbonyl (C=O) groups is 1. The van der Waals surface area contributed by atoms with Gasteiger partial charge in [0.25, 0.3) is 0 Å². The maximum atomic E-state index is 13.1. The average molecular weight is 311 g/mol. The second-order valence-electron chi connectivity index (χ2n) is 5.32. The van der Waals surface area contributed by atoms with Crippen LogP contribution in [0.1, 0.15) is 12.0 Å². The topological polar surface area (TPSA) is 29.1 Å². The molecular formula is C19H15F2NO. The molecule has 0 aromatic heterocycles. The van der Waals surface area contributed by atoms with E-state index in [1.165, 1.54) is 6.07 Å². The molecule has 0 heterocycles. The van der Waals surface area contributed by atoms with Gasteiger partial charge in [-0.2, -0.15) is 0 Å². The number of carbonyl (C=O) groups excluding carboxylic acids is 1. The normalized spacial score (nSPS) is 10.7. The molecule has 1 N–H and O–H groups in total. The number of anilines is 1. The Balaban J connectivity index is 1.67. The maximum Gasteiger partial charge on any atom is 0.224 e. The molecule has 0 spiro atoms. The Morgan fingerprint density at radius 2 is 1.70 bits per heavy atom. The van der Waals surface area contributed by atoms with Crippen molar-refractivity contribution in [3.8, 4) is 0 Å². The molecular weight excluding hydrogens is 296 g/mol. The van der Waals surface area contributed by atoms with E-state index in [9.17, 15) is 13.6 Å². The fraction of sp³-hybridized carbons (Fsp3) is 0.105. The lowest BCUT2D eigenvalue weighted by atomic mass is 10.0. The van der Waals surface area contributed by atoms with Crippen molar-refractivity contribution in [2.75, 3.05) is 5.32 Å². The highest BCUT2D eigenvalue weighted by Crippen LogP contribution is 2.20. The molecule has 0 aliphatic rings. The summed E-state index contributed by atoms with van der Waals surface area (Å²) < 4.78 is 26.0. The highest BCUT2D eigenvalue weighted by atomic mass is 19.2. The van der Waals surface area contributed by atoms with Gasteiger partial charge in [0, 0.05) is 18.2 Å². The van der Waals surface area contributed by atoms with E-state index < -0.39 is 11.6 Å². The van der Waals surface area contributed by atoms with Gasteiger partial charge >= 0.3 is 0 Å². The molecule has 2 nitrogen and oxygen atoms in total. The zero-order chi connectivity index (χ0) is 16.2. The number of benzene rings is 3. The third kappa shape index (κ3) is 3.54. The SMILES string of the molecule is O=C(CCc1cccc2ccccc12)Nc1ccc(F)c(F)c1. The van der Waals surface area contributed by atoms with Crippen LogP contribution in [0.4, 0.5) is 14.5 Å². The molecule has 3 rings (SSSR count). The molecule has 0 radical (unpaired) electrons. The first-order valence-corrected chi connectivity index (χ1v) is 7.35. The molecule has 116 valence electrons. The third-order valence-electron chi connectivity index (χ3n) is 3.70. The summed E-state index contributed by atoms with van der Waals surface area (Å²) >= 11 is 0. The molecule has 0 aliphatic carbocycles. The highest BCUT2D eigenvalue weighted by molar-refractivity contribution is 5.91. The van der Waals surface area contributed by atoms with Gasteiger partial charge in [0.15, 0.2) is 11.6 Å². The molecule has 3 aromatic carbocycles. The Morgan fingerprint density at radius 1 is 0.913 bits per heavy atom. The average Bonchev–Trinajstić information content (AvgIpc) is 2.56. The molecule has 0 unspecified atom stereocenters. The van der Waals surface area contributed by atoms with E-state index in [0.717, 1.165) is 28.5 Å². The lowest BCUT2D eigenvalue weighted by Crippen LogP contribution is -2.12. The van der Waals surface area contributed by atoms with Crippen molar-refractivity contribution < 1.29 is 13.6 Å². The van der Waals surface area contributed by atoms with Crippen molar-refractivity contribution in [1.82, 2.24) is 0 Å². The second kappa shape index (κ2) is 6.57. The van der Waals surface area contributed by atoms with Gasteiger partial charge in [-0.05, 0) is 34.9 Å². The van der Waals surface area contributed by atoms with Crippen LogP contribution in [0, 0.1) is 11.6 Å². The molecule has 3 aromatic rings. The first-order valence-electron chi connectivity index (χ1n) is 7.35. The number of hydrogen-bond acceptors (Lipinski definition) is 1. The summed E-state index contributed by atoms with van der Waals surface area (Å²) in [7, 11) is 0. The fourth-order valence-electron chi connectivity index (χ4n) is 2.56. The Morgan fingerprint density at radius 3 is 2.52 bits per heavy atom. The van der Waals surface area contributed by atoms with Crippen molar-refractivity contribution in [2.45, 2.75) is 12.8 Å². The van der Waals surface area contributed by atoms with Crippen LogP contribution in [0.3, 0.4) is 0 Å². The number of hydrogen-bond donors (Lipinski definition) is 1. The van der Waals surface area contributed by atoms with Gasteiger partial charge in [-0.25, -0.2) is 8.78 Å². The van der Waals surface area contributed by atoms with Crippen LogP contribution in [0.2, 0.25) is 0 Å². The number of nitrogens with one attached hydrogen (secondary N) is 1. The van der Waals surface area contributed by atoms with Crippen LogP contribution in [0.25, 0.3) is 10.8 Å². The maximum absolute atomic E-state index is 13.1. The summed E-state index contributed by atoms with van der Waals surface area (Å²) in [4.78, 5) is 12.0. The van der Waals surface area contributed by atoms with E-state index >= 15 is 0 Å². The summed E-state index contributed by atoms with van der Waals surface area (Å²) in [5.41, 5.74) is 1.34. The molecule has 0 saturated heterocycles. The van der Waals surface area contributed by atoms with Crippen LogP contribution >= 0.6 is 0 Å². The predicted molar refractivity (Wildman–Crippen MR) is 87.3 cm³/mol. The van der Waals surface area contributed by atoms with Crippen LogP contribution < -0.4 is 5.32 Å². The Hall–Kier alpha value is -2.75. The molecule has 4 heteroatoms. The number of amides is 1. The van der Waals surface area contributed by atoms with Gasteiger partial charge in [-0.3, -0.25) is 4.79 Å². The Kier molecular flexibility index (Phi) is 4.33. The van der Waals surface area contributed by atoms with E-state index in [0.29, 0.717) is 6.42 Å². The minimum absolute atomic E-state index is 0.232. The monoisotopic (exact) mass is 311 g/mol. The van der Waals surface area contributed by atoms with Gasteiger partial charge in [-0.1, -0.05) is 42.5 Å². The first kappa shape index (κ1) is 15.2. The van der Waals surface area contributed by atoms with Gasteiger partial charge in [-0.15, -0.1) is 0 Å². The lowest BCUT2D eigenvalue weighted by Gasteiger charge is -2.08. The lowest BCUT2D eigenvalue weighted by molar-refractivity contribution is -0.116. The minimum atomic E-state index is -0.975. The first-order chi connectivity index (χ1) is 11.1. The smallest absolute Gasteiger partial charge is 0.224 e. The van der Waals surface area contributed by atoms with E-state index in [1.807, 2.05) is 42.5 Å². The van der Waals surface area contributed by atoms with Crippen molar-refractivity contribution in [3.05, 3.63) is 77.9 Å². The van der Waals surface area contributed by atoms with Crippen LogP contribution in [-0.2, 0) is 11.2 Å². The molecule has 0 aliphatic heterocycles. The molecule has 1 amide bonds. The molecule has 0 fully saturated rings. The van der Waals surface area contributed by atoms with Crippen molar-refractivity contribution in [3.63, 3.8) is 0 Å². The number of halogens is 2. The largest absolute Gasteiger partial charge is 0.326 e. The van der Waals surface area contributed by atoms with E-state index in [4.69, 9.17) is 0 Å². The van der Waals surface area contributed by atoms with Crippen molar-refractivity contribution in [1.29, 1.82) is 0 Å². The molecule has 0 saturated carbocycles. The fourth-order valence-corrected chi connectivity index (χ4v) is 2.56. The van der Waals surface area contributed by atoms with Crippen molar-refractivity contribution >= 4 is 22.4 Å². The number of aryl methyl sites for hydroxylation is 1. The highest BCUT2D eigenvalue weighted by Gasteiger charge is 2.08. The van der Waals surface area contributed by atoms with Gasteiger partial charge in [0.2, 0.25) is 5.91 Å². The Labute approximate surface area is 132 Å². The summed E-state index contributed by atoms with van der Waals surface area (Å²) in [6.07, 6.45) is 0.851. The zero-order valence-electron chi connectivity index (χ0n) is 12.4. The number of fused-ring (bicyclic) bond motifs is 1. The summed E-state index contributed by atoms with van der Waals surface area (Å²) in [5.74, 6) is -2.14. The van der Waals surface area contributed by atoms with E-state index in [2.05, 4.69) is 5.32 Å². The third-order valence-corrected chi connectivity index (χ3v) is 3.70. The van der Waals surface area contributed by atoms with Crippen molar-refractivity contribution in [2.24, 2.45) is 0 Å². The standard InChI is InChI=1S/C19H15F2NO/c20-17-10-9-15(12-18(17)21)22-19(23)11-8-14-6-3-5-13-4-1-2-7-16(13)14/h1-7,9-10,12H,8,11H2,(H,22,23). The predicted octanol–water partition coefficient (Wildman–Crippen LogP) is 4.69. The van der Waals surface area contributed by atoms with E-state index in [-0.39, 0.29) is 18.0 Å². The minimum Gasteiger partial charge on any atom is -0.326 e. The van der Waals surface area contributed by atoms with Crippen LogP contribution in [0.15, 0.2) is 60.7 Å². The second-order valence-corrected chi connectivity index (χ2v) is 5.32. The van der Waals surface area contributed by atoms with Crippen LogP contribution in [-0.4, -0.2) is 5.91 Å². The zero-order valence-corrected chi connectivity index (χ0v) is 12.4. The van der Waals surface area contributed by atoms with Crippen LogP contribution in [0.5, 0.6) is 0 Å². The van der Waals surface area contributed by atoms with Gasteiger partial charge in [0.05, 0.1) is 0 Å². The van der Waals surface area contributed by atoms with Gasteiger partial charge < -0.3 is 5.32 Å². The van der Waals surface area contributed by atoms with E-state index in [1.54, 1.807) is 0 Å². The summed E-state index contributed by atoms with van der Waals surface area (Å²) in [5, 5.41) is 4.83. The quantitative estimate of drug-likeness (QED) is 0.744. The van der Waals surface area contributed by atoms with Gasteiger partial charge in [0.1, 0.15) is 0 Å². The number of rotatable bonds is 4.